The molecule has 0 unspecified atom stereocenters. The summed E-state index contributed by atoms with van der Waals surface area (Å²) in [6, 6.07) is 7.03. The summed E-state index contributed by atoms with van der Waals surface area (Å²) in [5, 5.41) is 15.8. The molecule has 6 heteroatoms. The maximum Gasteiger partial charge on any atom is 0.353 e. The Morgan fingerprint density at radius 2 is 2.24 bits per heavy atom. The van der Waals surface area contributed by atoms with Gasteiger partial charge in [0, 0.05) is 10.5 Å². The minimum Gasteiger partial charge on any atom is -0.477 e. The van der Waals surface area contributed by atoms with E-state index in [-0.39, 0.29) is 5.69 Å². The molecule has 0 aliphatic heterocycles. The number of hydrogen-bond donors (Lipinski definition) is 2. The smallest absolute Gasteiger partial charge is 0.353 e. The van der Waals surface area contributed by atoms with E-state index in [4.69, 9.17) is 16.7 Å². The number of thioether (sulfide) groups is 1. The number of aromatic carboxylic acids is 1. The Morgan fingerprint density at radius 1 is 1.47 bits per heavy atom. The second-order valence-electron chi connectivity index (χ2n) is 3.32. The van der Waals surface area contributed by atoms with Gasteiger partial charge in [0.15, 0.2) is 0 Å². The van der Waals surface area contributed by atoms with Crippen molar-refractivity contribution in [2.45, 2.75) is 4.90 Å². The number of carboxylic acid groups (broad SMARTS) is 1. The van der Waals surface area contributed by atoms with E-state index in [9.17, 15) is 4.79 Å². The molecule has 88 valence electrons. The monoisotopic (exact) mass is 268 g/mol. The Hall–Kier alpha value is -1.46. The van der Waals surface area contributed by atoms with Crippen LogP contribution in [0.4, 0.5) is 0 Å². The third-order valence-corrected chi connectivity index (χ3v) is 3.31. The highest BCUT2D eigenvalue weighted by Crippen LogP contribution is 2.30. The van der Waals surface area contributed by atoms with Crippen molar-refractivity contribution in [3.05, 3.63) is 35.0 Å². The molecule has 0 radical (unpaired) electrons. The van der Waals surface area contributed by atoms with Crippen molar-refractivity contribution in [2.75, 3.05) is 6.26 Å². The summed E-state index contributed by atoms with van der Waals surface area (Å²) in [6.45, 7) is 0. The van der Waals surface area contributed by atoms with Crippen LogP contribution in [0.15, 0.2) is 29.2 Å². The van der Waals surface area contributed by atoms with Crippen molar-refractivity contribution in [2.24, 2.45) is 0 Å². The molecule has 0 atom stereocenters. The summed E-state index contributed by atoms with van der Waals surface area (Å²) >= 11 is 7.65. The summed E-state index contributed by atoms with van der Waals surface area (Å²) in [7, 11) is 0. The number of nitrogens with zero attached hydrogens (tertiary/aromatic N) is 1. The predicted octanol–water partition coefficient (Wildman–Crippen LogP) is 3.15. The van der Waals surface area contributed by atoms with Crippen molar-refractivity contribution in [1.29, 1.82) is 0 Å². The first-order chi connectivity index (χ1) is 8.11. The zero-order valence-electron chi connectivity index (χ0n) is 8.90. The first-order valence-electron chi connectivity index (χ1n) is 4.74. The van der Waals surface area contributed by atoms with Gasteiger partial charge in [-0.3, -0.25) is 5.10 Å². The minimum absolute atomic E-state index is 0.0469. The fourth-order valence-corrected chi connectivity index (χ4v) is 2.05. The van der Waals surface area contributed by atoms with E-state index in [1.165, 1.54) is 6.07 Å². The molecule has 0 saturated heterocycles. The van der Waals surface area contributed by atoms with Crippen LogP contribution in [0.5, 0.6) is 0 Å². The Bertz CT molecular complexity index is 568. The van der Waals surface area contributed by atoms with Gasteiger partial charge in [0.25, 0.3) is 0 Å². The summed E-state index contributed by atoms with van der Waals surface area (Å²) in [6.07, 6.45) is 1.96. The largest absolute Gasteiger partial charge is 0.477 e. The van der Waals surface area contributed by atoms with Gasteiger partial charge in [0.1, 0.15) is 5.69 Å². The summed E-state index contributed by atoms with van der Waals surface area (Å²) in [4.78, 5) is 11.8. The number of aromatic amines is 1. The highest BCUT2D eigenvalue weighted by atomic mass is 35.5. The molecule has 0 fully saturated rings. The molecule has 0 spiro atoms. The first kappa shape index (κ1) is 12.0. The molecule has 2 rings (SSSR count). The van der Waals surface area contributed by atoms with Gasteiger partial charge in [-0.25, -0.2) is 4.79 Å². The second kappa shape index (κ2) is 4.81. The van der Waals surface area contributed by atoms with Gasteiger partial charge in [-0.05, 0) is 30.5 Å². The number of benzene rings is 1. The lowest BCUT2D eigenvalue weighted by molar-refractivity contribution is 0.0690. The van der Waals surface area contributed by atoms with E-state index in [0.29, 0.717) is 10.7 Å². The molecule has 1 heterocycles. The van der Waals surface area contributed by atoms with E-state index < -0.39 is 5.97 Å². The topological polar surface area (TPSA) is 66.0 Å². The zero-order chi connectivity index (χ0) is 12.4. The Balaban J connectivity index is 2.47. The molecule has 1 aromatic heterocycles. The zero-order valence-corrected chi connectivity index (χ0v) is 10.5. The summed E-state index contributed by atoms with van der Waals surface area (Å²) < 4.78 is 0. The molecular formula is C11H9ClN2O2S. The van der Waals surface area contributed by atoms with Crippen molar-refractivity contribution >= 4 is 29.3 Å². The summed E-state index contributed by atoms with van der Waals surface area (Å²) in [5.74, 6) is -1.04. The van der Waals surface area contributed by atoms with Gasteiger partial charge in [-0.1, -0.05) is 11.6 Å². The predicted molar refractivity (Wildman–Crippen MR) is 67.8 cm³/mol. The van der Waals surface area contributed by atoms with Crippen LogP contribution < -0.4 is 0 Å². The number of aromatic nitrogens is 2. The Morgan fingerprint density at radius 3 is 2.82 bits per heavy atom. The fourth-order valence-electron chi connectivity index (χ4n) is 1.40. The average Bonchev–Trinajstić information content (AvgIpc) is 2.79. The van der Waals surface area contributed by atoms with Crippen LogP contribution in [0.1, 0.15) is 10.5 Å². The lowest BCUT2D eigenvalue weighted by Crippen LogP contribution is -1.95. The lowest BCUT2D eigenvalue weighted by atomic mass is 10.1. The van der Waals surface area contributed by atoms with Gasteiger partial charge in [-0.15, -0.1) is 11.8 Å². The molecule has 2 N–H and O–H groups in total. The van der Waals surface area contributed by atoms with Crippen LogP contribution >= 0.6 is 23.4 Å². The molecule has 4 nitrogen and oxygen atoms in total. The molecule has 17 heavy (non-hydrogen) atoms. The van der Waals surface area contributed by atoms with Crippen molar-refractivity contribution in [3.8, 4) is 11.3 Å². The van der Waals surface area contributed by atoms with Crippen LogP contribution in [-0.4, -0.2) is 27.5 Å². The fraction of sp³-hybridized carbons (Fsp3) is 0.0909. The van der Waals surface area contributed by atoms with Crippen LogP contribution in [0, 0.1) is 0 Å². The molecule has 0 aliphatic carbocycles. The number of H-pyrrole nitrogens is 1. The van der Waals surface area contributed by atoms with E-state index >= 15 is 0 Å². The highest BCUT2D eigenvalue weighted by Gasteiger charge is 2.12. The van der Waals surface area contributed by atoms with E-state index in [1.807, 2.05) is 18.4 Å². The SMILES string of the molecule is CSc1ccc(Cl)c(-c2cc(C(=O)O)[nH]n2)c1. The van der Waals surface area contributed by atoms with Crippen molar-refractivity contribution < 1.29 is 9.90 Å². The highest BCUT2D eigenvalue weighted by molar-refractivity contribution is 7.98. The van der Waals surface area contributed by atoms with Gasteiger partial charge >= 0.3 is 5.97 Å². The quantitative estimate of drug-likeness (QED) is 0.839. The lowest BCUT2D eigenvalue weighted by Gasteiger charge is -2.02. The Labute approximate surface area is 107 Å². The molecule has 0 bridgehead atoms. The van der Waals surface area contributed by atoms with Crippen LogP contribution in [0.25, 0.3) is 11.3 Å². The van der Waals surface area contributed by atoms with E-state index in [0.717, 1.165) is 10.5 Å². The van der Waals surface area contributed by atoms with E-state index in [2.05, 4.69) is 10.2 Å². The third-order valence-electron chi connectivity index (χ3n) is 2.26. The third kappa shape index (κ3) is 2.45. The molecular weight excluding hydrogens is 260 g/mol. The maximum absolute atomic E-state index is 10.7. The van der Waals surface area contributed by atoms with Gasteiger partial charge in [0.05, 0.1) is 10.7 Å². The first-order valence-corrected chi connectivity index (χ1v) is 6.34. The molecule has 0 saturated carbocycles. The number of carbonyl (C=O) groups is 1. The Kier molecular flexibility index (Phi) is 3.40. The number of halogens is 1. The molecule has 0 aliphatic rings. The number of nitrogens with one attached hydrogen (secondary N) is 1. The van der Waals surface area contributed by atoms with Crippen LogP contribution in [-0.2, 0) is 0 Å². The van der Waals surface area contributed by atoms with Gasteiger partial charge in [-0.2, -0.15) is 5.10 Å². The van der Waals surface area contributed by atoms with Gasteiger partial charge in [0.2, 0.25) is 0 Å². The van der Waals surface area contributed by atoms with Gasteiger partial charge < -0.3 is 5.11 Å². The standard InChI is InChI=1S/C11H9ClN2O2S/c1-17-6-2-3-8(12)7(4-6)9-5-10(11(15)16)14-13-9/h2-5H,1H3,(H,13,14)(H,15,16). The normalized spacial score (nSPS) is 10.5. The molecule has 1 aromatic carbocycles. The van der Waals surface area contributed by atoms with Crippen LogP contribution in [0.2, 0.25) is 5.02 Å². The number of carboxylic acids is 1. The average molecular weight is 269 g/mol. The minimum atomic E-state index is -1.04. The second-order valence-corrected chi connectivity index (χ2v) is 4.60. The molecule has 2 aromatic rings. The van der Waals surface area contributed by atoms with Crippen LogP contribution in [0.3, 0.4) is 0 Å². The number of hydrogen-bond acceptors (Lipinski definition) is 3. The van der Waals surface area contributed by atoms with E-state index in [1.54, 1.807) is 17.8 Å². The number of rotatable bonds is 3. The maximum atomic E-state index is 10.7. The summed E-state index contributed by atoms with van der Waals surface area (Å²) in [5.41, 5.74) is 1.30. The molecule has 0 amide bonds. The van der Waals surface area contributed by atoms with Crippen molar-refractivity contribution in [3.63, 3.8) is 0 Å². The van der Waals surface area contributed by atoms with Crippen molar-refractivity contribution in [1.82, 2.24) is 10.2 Å².